The molecule has 24 heavy (non-hydrogen) atoms. The molecular weight excluding hydrogens is 326 g/mol. The second kappa shape index (κ2) is 6.14. The Morgan fingerprint density at radius 2 is 2.46 bits per heavy atom. The van der Waals surface area contributed by atoms with Gasteiger partial charge in [0, 0.05) is 36.3 Å². The number of nitrogens with zero attached hydrogens (tertiary/aromatic N) is 3. The van der Waals surface area contributed by atoms with Crippen LogP contribution in [-0.2, 0) is 4.74 Å². The van der Waals surface area contributed by atoms with Gasteiger partial charge in [0.1, 0.15) is 6.61 Å². The van der Waals surface area contributed by atoms with Crippen LogP contribution in [0.15, 0.2) is 29.1 Å². The van der Waals surface area contributed by atoms with E-state index in [1.807, 2.05) is 34.7 Å². The Bertz CT molecular complexity index is 736. The van der Waals surface area contributed by atoms with Crippen molar-refractivity contribution in [3.8, 4) is 6.01 Å². The minimum absolute atomic E-state index is 0.0943. The number of carbonyl (C=O) groups excluding carboxylic acids is 1. The number of thiophene rings is 1. The maximum absolute atomic E-state index is 12.6. The van der Waals surface area contributed by atoms with E-state index < -0.39 is 0 Å². The third-order valence-electron chi connectivity index (χ3n) is 4.84. The minimum Gasteiger partial charge on any atom is -0.463 e. The van der Waals surface area contributed by atoms with E-state index in [9.17, 15) is 4.79 Å². The lowest BCUT2D eigenvalue weighted by atomic mass is 9.82. The summed E-state index contributed by atoms with van der Waals surface area (Å²) in [5.74, 6) is 0.390. The van der Waals surface area contributed by atoms with Crippen molar-refractivity contribution >= 4 is 17.2 Å². The summed E-state index contributed by atoms with van der Waals surface area (Å²) in [6.45, 7) is 5.02. The second-order valence-corrected chi connectivity index (χ2v) is 7.32. The normalized spacial score (nSPS) is 25.7. The molecule has 0 aromatic carbocycles. The lowest BCUT2D eigenvalue weighted by Crippen LogP contribution is -2.38. The number of aryl methyl sites for hydroxylation is 1. The molecule has 1 amide bonds. The molecule has 0 radical (unpaired) electrons. The van der Waals surface area contributed by atoms with Crippen LogP contribution in [0.3, 0.4) is 0 Å². The molecule has 126 valence electrons. The van der Waals surface area contributed by atoms with Crippen molar-refractivity contribution in [3.63, 3.8) is 0 Å². The Kier molecular flexibility index (Phi) is 3.97. The number of hydrogen-bond acceptors (Lipinski definition) is 6. The summed E-state index contributed by atoms with van der Waals surface area (Å²) in [7, 11) is 0. The van der Waals surface area contributed by atoms with Gasteiger partial charge in [-0.2, -0.15) is 11.3 Å². The van der Waals surface area contributed by atoms with Gasteiger partial charge in [-0.25, -0.2) is 9.97 Å². The molecule has 0 bridgehead atoms. The number of rotatable bonds is 4. The van der Waals surface area contributed by atoms with Crippen molar-refractivity contribution in [3.05, 3.63) is 40.3 Å². The third-order valence-corrected chi connectivity index (χ3v) is 5.52. The minimum atomic E-state index is -0.168. The van der Waals surface area contributed by atoms with E-state index in [0.717, 1.165) is 11.3 Å². The van der Waals surface area contributed by atoms with Gasteiger partial charge in [0.15, 0.2) is 0 Å². The summed E-state index contributed by atoms with van der Waals surface area (Å²) < 4.78 is 11.5. The predicted octanol–water partition coefficient (Wildman–Crippen LogP) is 2.01. The fourth-order valence-electron chi connectivity index (χ4n) is 3.46. The number of ether oxygens (including phenoxy) is 2. The highest BCUT2D eigenvalue weighted by atomic mass is 32.1. The number of amides is 1. The van der Waals surface area contributed by atoms with Crippen molar-refractivity contribution in [2.24, 2.45) is 11.3 Å². The molecule has 0 spiro atoms. The van der Waals surface area contributed by atoms with E-state index in [1.165, 1.54) is 0 Å². The van der Waals surface area contributed by atoms with Crippen LogP contribution >= 0.6 is 11.3 Å². The zero-order valence-electron chi connectivity index (χ0n) is 13.5. The summed E-state index contributed by atoms with van der Waals surface area (Å²) in [5.41, 5.74) is 1.47. The average molecular weight is 345 g/mol. The number of carbonyl (C=O) groups is 1. The van der Waals surface area contributed by atoms with Gasteiger partial charge in [-0.1, -0.05) is 0 Å². The van der Waals surface area contributed by atoms with Crippen LogP contribution in [0.1, 0.15) is 16.1 Å². The van der Waals surface area contributed by atoms with Gasteiger partial charge < -0.3 is 14.4 Å². The lowest BCUT2D eigenvalue weighted by Gasteiger charge is -2.26. The van der Waals surface area contributed by atoms with Gasteiger partial charge in [-0.05, 0) is 24.4 Å². The first-order chi connectivity index (χ1) is 11.7. The van der Waals surface area contributed by atoms with E-state index in [4.69, 9.17) is 9.47 Å². The highest BCUT2D eigenvalue weighted by Crippen LogP contribution is 2.42. The zero-order valence-corrected chi connectivity index (χ0v) is 14.3. The van der Waals surface area contributed by atoms with Crippen LogP contribution in [0.2, 0.25) is 0 Å². The number of hydrogen-bond donors (Lipinski definition) is 0. The molecule has 0 N–H and O–H groups in total. The summed E-state index contributed by atoms with van der Waals surface area (Å²) in [6.07, 6.45) is 1.69. The molecule has 6 nitrogen and oxygen atoms in total. The Morgan fingerprint density at radius 3 is 3.25 bits per heavy atom. The summed E-state index contributed by atoms with van der Waals surface area (Å²) >= 11 is 1.54. The van der Waals surface area contributed by atoms with Gasteiger partial charge in [0.25, 0.3) is 5.91 Å². The quantitative estimate of drug-likeness (QED) is 0.848. The molecule has 2 aliphatic rings. The lowest BCUT2D eigenvalue weighted by molar-refractivity contribution is 0.0650. The molecule has 4 heterocycles. The van der Waals surface area contributed by atoms with Gasteiger partial charge in [-0.15, -0.1) is 0 Å². The summed E-state index contributed by atoms with van der Waals surface area (Å²) in [6, 6.07) is 4.10. The number of fused-ring (bicyclic) bond motifs is 1. The van der Waals surface area contributed by atoms with Gasteiger partial charge in [-0.3, -0.25) is 4.79 Å². The topological polar surface area (TPSA) is 64.6 Å². The van der Waals surface area contributed by atoms with Crippen LogP contribution in [0.25, 0.3) is 0 Å². The maximum atomic E-state index is 12.6. The molecule has 7 heteroatoms. The molecule has 0 unspecified atom stereocenters. The first-order valence-electron chi connectivity index (χ1n) is 7.98. The first-order valence-corrected chi connectivity index (χ1v) is 8.92. The van der Waals surface area contributed by atoms with Crippen molar-refractivity contribution in [2.45, 2.75) is 6.92 Å². The smallest absolute Gasteiger partial charge is 0.316 e. The summed E-state index contributed by atoms with van der Waals surface area (Å²) in [5, 5.41) is 3.83. The number of aromatic nitrogens is 2. The van der Waals surface area contributed by atoms with Crippen LogP contribution in [0, 0.1) is 18.3 Å². The van der Waals surface area contributed by atoms with Crippen LogP contribution in [-0.4, -0.2) is 53.7 Å². The molecule has 2 aromatic heterocycles. The van der Waals surface area contributed by atoms with Crippen molar-refractivity contribution in [2.75, 3.05) is 32.9 Å². The Morgan fingerprint density at radius 1 is 1.54 bits per heavy atom. The molecular formula is C17H19N3O3S. The van der Waals surface area contributed by atoms with E-state index in [0.29, 0.717) is 44.8 Å². The molecule has 2 fully saturated rings. The summed E-state index contributed by atoms with van der Waals surface area (Å²) in [4.78, 5) is 23.0. The van der Waals surface area contributed by atoms with E-state index >= 15 is 0 Å². The monoisotopic (exact) mass is 345 g/mol. The van der Waals surface area contributed by atoms with E-state index in [-0.39, 0.29) is 11.3 Å². The first kappa shape index (κ1) is 15.5. The fourth-order valence-corrected chi connectivity index (χ4v) is 4.09. The molecule has 0 aliphatic carbocycles. The van der Waals surface area contributed by atoms with Crippen LogP contribution in [0.4, 0.5) is 0 Å². The molecule has 2 aliphatic heterocycles. The highest BCUT2D eigenvalue weighted by Gasteiger charge is 2.52. The predicted molar refractivity (Wildman–Crippen MR) is 89.2 cm³/mol. The van der Waals surface area contributed by atoms with Crippen molar-refractivity contribution in [1.29, 1.82) is 0 Å². The molecule has 0 saturated carbocycles. The highest BCUT2D eigenvalue weighted by molar-refractivity contribution is 7.08. The molecule has 2 saturated heterocycles. The Labute approximate surface area is 144 Å². The zero-order chi connectivity index (χ0) is 16.6. The fraction of sp³-hybridized carbons (Fsp3) is 0.471. The molecule has 4 rings (SSSR count). The standard InChI is InChI=1S/C17H19N3O3S/c1-12-2-4-18-16(19-12)23-11-17-9-20(6-14(17)7-22-10-17)15(21)13-3-5-24-8-13/h2-5,8,14H,6-7,9-11H2,1H3/t14-,17+/m0/s1. The molecule has 2 aromatic rings. The molecule has 2 atom stereocenters. The van der Waals surface area contributed by atoms with Crippen LogP contribution < -0.4 is 4.74 Å². The Hall–Kier alpha value is -1.99. The SMILES string of the molecule is Cc1ccnc(OC[C@@]23COC[C@@H]2CN(C(=O)c2ccsc2)C3)n1. The maximum Gasteiger partial charge on any atom is 0.316 e. The van der Waals surface area contributed by atoms with E-state index in [1.54, 1.807) is 17.5 Å². The Balaban J connectivity index is 1.47. The van der Waals surface area contributed by atoms with Crippen LogP contribution in [0.5, 0.6) is 6.01 Å². The largest absolute Gasteiger partial charge is 0.463 e. The van der Waals surface area contributed by atoms with Gasteiger partial charge in [0.2, 0.25) is 0 Å². The van der Waals surface area contributed by atoms with E-state index in [2.05, 4.69) is 9.97 Å². The van der Waals surface area contributed by atoms with Crippen molar-refractivity contribution < 1.29 is 14.3 Å². The van der Waals surface area contributed by atoms with Crippen molar-refractivity contribution in [1.82, 2.24) is 14.9 Å². The van der Waals surface area contributed by atoms with Gasteiger partial charge >= 0.3 is 6.01 Å². The second-order valence-electron chi connectivity index (χ2n) is 6.54. The third kappa shape index (κ3) is 2.78. The average Bonchev–Trinajstić information content (AvgIpc) is 3.28. The van der Waals surface area contributed by atoms with Gasteiger partial charge in [0.05, 0.1) is 24.2 Å². The number of likely N-dealkylation sites (tertiary alicyclic amines) is 1.